The highest BCUT2D eigenvalue weighted by atomic mass is 35.5. The van der Waals surface area contributed by atoms with Crippen LogP contribution in [0.1, 0.15) is 64.2 Å². The summed E-state index contributed by atoms with van der Waals surface area (Å²) in [6, 6.07) is 2.61. The molecule has 4 aromatic heterocycles. The van der Waals surface area contributed by atoms with Crippen molar-refractivity contribution in [1.82, 2.24) is 59.4 Å². The normalized spacial score (nSPS) is 26.2. The van der Waals surface area contributed by atoms with Crippen molar-refractivity contribution in [3.05, 3.63) is 17.9 Å². The molecule has 2 saturated carbocycles. The number of carbonyl (C=O) groups is 2. The Morgan fingerprint density at radius 3 is 1.92 bits per heavy atom. The molecule has 12 rings (SSSR count). The van der Waals surface area contributed by atoms with Crippen molar-refractivity contribution in [3.63, 3.8) is 0 Å². The van der Waals surface area contributed by atoms with Crippen LogP contribution in [0.4, 0.5) is 27.2 Å². The van der Waals surface area contributed by atoms with Gasteiger partial charge in [-0.05, 0) is 75.8 Å². The zero-order valence-corrected chi connectivity index (χ0v) is 34.0. The van der Waals surface area contributed by atoms with Crippen molar-refractivity contribution in [2.24, 2.45) is 0 Å². The molecule has 8 unspecified atom stereocenters. The van der Waals surface area contributed by atoms with Gasteiger partial charge in [0.25, 0.3) is 0 Å². The number of hydrogen-bond acceptors (Lipinski definition) is 18. The molecule has 6 aliphatic heterocycles. The van der Waals surface area contributed by atoms with Crippen LogP contribution in [-0.2, 0) is 37.6 Å². The van der Waals surface area contributed by atoms with Gasteiger partial charge in [-0.25, -0.2) is 29.3 Å². The lowest BCUT2D eigenvalue weighted by Crippen LogP contribution is -2.58. The van der Waals surface area contributed by atoms with Crippen LogP contribution >= 0.6 is 11.6 Å². The largest absolute Gasteiger partial charge is 0.465 e. The predicted octanol–water partition coefficient (Wildman–Crippen LogP) is 2.98. The van der Waals surface area contributed by atoms with Crippen molar-refractivity contribution in [1.29, 1.82) is 0 Å². The molecule has 0 spiro atoms. The summed E-state index contributed by atoms with van der Waals surface area (Å²) < 4.78 is 8.64. The number of aryl methyl sites for hydroxylation is 2. The number of fused-ring (bicyclic) bond motifs is 4. The minimum atomic E-state index is -0.915. The van der Waals surface area contributed by atoms with Gasteiger partial charge in [-0.1, -0.05) is 0 Å². The highest BCUT2D eigenvalue weighted by molar-refractivity contribution is 6.28. The van der Waals surface area contributed by atoms with Crippen LogP contribution in [0.2, 0.25) is 5.28 Å². The summed E-state index contributed by atoms with van der Waals surface area (Å²) in [5, 5.41) is 18.1. The highest BCUT2D eigenvalue weighted by Crippen LogP contribution is 2.45. The highest BCUT2D eigenvalue weighted by Gasteiger charge is 2.55. The summed E-state index contributed by atoms with van der Waals surface area (Å²) >= 11 is 5.78. The molecule has 24 heteroatoms. The van der Waals surface area contributed by atoms with Crippen LogP contribution < -0.4 is 22.1 Å². The summed E-state index contributed by atoms with van der Waals surface area (Å²) in [7, 11) is 4.80. The van der Waals surface area contributed by atoms with Gasteiger partial charge >= 0.3 is 12.2 Å². The number of nitrogens with zero attached hydrogens (tertiary/aromatic N) is 11. The zero-order valence-electron chi connectivity index (χ0n) is 33.3. The summed E-state index contributed by atoms with van der Waals surface area (Å²) in [5.74, 6) is 1.06. The number of nitrogens with one attached hydrogen (secondary N) is 2. The number of nitrogens with two attached hydrogens (primary N) is 2. The molecule has 8 bridgehead atoms. The van der Waals surface area contributed by atoms with E-state index in [4.69, 9.17) is 52.7 Å². The Labute approximate surface area is 344 Å². The number of nitrogen functional groups attached to an aromatic ring is 2. The second-order valence-electron chi connectivity index (χ2n) is 15.0. The fourth-order valence-corrected chi connectivity index (χ4v) is 7.99. The third kappa shape index (κ3) is 9.61. The van der Waals surface area contributed by atoms with E-state index in [1.54, 1.807) is 26.7 Å². The number of aromatic nitrogens is 8. The van der Waals surface area contributed by atoms with Gasteiger partial charge in [0.15, 0.2) is 22.9 Å². The van der Waals surface area contributed by atoms with Crippen molar-refractivity contribution in [2.45, 2.75) is 114 Å². The Morgan fingerprint density at radius 1 is 0.847 bits per heavy atom. The quantitative estimate of drug-likeness (QED) is 0.0824. The smallest absolute Gasteiger partial charge is 0.407 e. The van der Waals surface area contributed by atoms with E-state index in [0.717, 1.165) is 25.7 Å². The van der Waals surface area contributed by atoms with E-state index >= 15 is 0 Å². The van der Waals surface area contributed by atoms with Crippen molar-refractivity contribution in [3.8, 4) is 0 Å². The van der Waals surface area contributed by atoms with Gasteiger partial charge < -0.3 is 46.0 Å². The molecule has 7 N–H and O–H groups in total. The first-order valence-electron chi connectivity index (χ1n) is 19.9. The van der Waals surface area contributed by atoms with E-state index in [9.17, 15) is 9.59 Å². The van der Waals surface area contributed by atoms with E-state index in [-0.39, 0.29) is 11.1 Å². The van der Waals surface area contributed by atoms with Crippen LogP contribution in [0.5, 0.6) is 0 Å². The maximum absolute atomic E-state index is 10.9. The number of alkyl carbamates (subject to hydrolysis) is 1. The van der Waals surface area contributed by atoms with Crippen LogP contribution in [0.3, 0.4) is 0 Å². The number of anilines is 3. The molecule has 8 aliphatic rings. The van der Waals surface area contributed by atoms with Gasteiger partial charge in [0.2, 0.25) is 11.2 Å². The molecule has 0 aromatic carbocycles. The SMILES string of the molecule is C1CC2CC3C1OON23.C1CC2CC3C1OON23.CNC(=O)OCCCCn1cnc2c(N)nc(Cl)nc21.CNc1nc(N)c2ncn(CCCCN(C)C(=O)O)c2n1. The fraction of sp³-hybridized carbons (Fsp3) is 0.657. The molecule has 6 saturated heterocycles. The molecule has 2 amide bonds. The number of hydrogen-bond donors (Lipinski definition) is 5. The standard InChI is InChI=1S/C12H19N7O2.C11H15ClN6O2.2C6H9NO2/c1-14-11-16-9(13)8-10(17-11)19(7-15-8)6-4-3-5-18(2)12(20)21;1-14-11(19)20-5-3-2-4-18-6-15-7-8(13)16-10(12)17-9(7)18;2*1-2-6-5-3-4(1)7(5)9-8-6/h7H,3-6H2,1-2H3,(H,20,21)(H3,13,14,16,17);6H,2-5H2,1H3,(H,14,19)(H2,13,16,17);2*4-6H,1-3H2. The van der Waals surface area contributed by atoms with Crippen LogP contribution in [-0.4, -0.2) is 142 Å². The number of amides is 2. The molecular weight excluding hydrogens is 794 g/mol. The second-order valence-corrected chi connectivity index (χ2v) is 15.3. The zero-order chi connectivity index (χ0) is 41.6. The van der Waals surface area contributed by atoms with Gasteiger partial charge in [0.1, 0.15) is 23.2 Å². The number of ether oxygens (including phenoxy) is 1. The van der Waals surface area contributed by atoms with E-state index in [1.807, 2.05) is 19.3 Å². The van der Waals surface area contributed by atoms with Crippen molar-refractivity contribution in [2.75, 3.05) is 51.1 Å². The first-order chi connectivity index (χ1) is 28.5. The molecule has 322 valence electrons. The number of rotatable bonds is 11. The maximum Gasteiger partial charge on any atom is 0.407 e. The van der Waals surface area contributed by atoms with Gasteiger partial charge in [0, 0.05) is 52.9 Å². The number of carbonyl (C=O) groups excluding carboxylic acids is 1. The molecule has 8 fully saturated rings. The van der Waals surface area contributed by atoms with E-state index < -0.39 is 12.2 Å². The molecular formula is C35H52ClN15O8. The lowest BCUT2D eigenvalue weighted by Gasteiger charge is -2.45. The Kier molecular flexibility index (Phi) is 13.6. The van der Waals surface area contributed by atoms with E-state index in [2.05, 4.69) is 40.5 Å². The molecule has 4 aromatic rings. The van der Waals surface area contributed by atoms with Crippen molar-refractivity contribution >= 4 is 63.7 Å². The topological polar surface area (TPSA) is 274 Å². The molecule has 10 heterocycles. The average molecular weight is 846 g/mol. The number of unbranched alkanes of at least 4 members (excludes halogenated alkanes) is 2. The third-order valence-corrected chi connectivity index (χ3v) is 11.4. The number of piperidine rings is 2. The molecule has 0 radical (unpaired) electrons. The Morgan fingerprint density at radius 2 is 1.41 bits per heavy atom. The Bertz CT molecular complexity index is 2000. The molecule has 8 atom stereocenters. The van der Waals surface area contributed by atoms with E-state index in [1.165, 1.54) is 50.5 Å². The van der Waals surface area contributed by atoms with Gasteiger partial charge in [-0.3, -0.25) is 0 Å². The van der Waals surface area contributed by atoms with Crippen LogP contribution in [0, 0.1) is 0 Å². The first-order valence-corrected chi connectivity index (χ1v) is 20.2. The summed E-state index contributed by atoms with van der Waals surface area (Å²) in [6.45, 7) is 2.25. The molecule has 59 heavy (non-hydrogen) atoms. The van der Waals surface area contributed by atoms with Crippen molar-refractivity contribution < 1.29 is 39.2 Å². The first kappa shape index (κ1) is 42.2. The number of halogens is 1. The van der Waals surface area contributed by atoms with Crippen LogP contribution in [0.25, 0.3) is 22.3 Å². The average Bonchev–Trinajstić information content (AvgIpc) is 3.94. The lowest BCUT2D eigenvalue weighted by molar-refractivity contribution is -0.399. The Balaban J connectivity index is 0.000000127. The number of carboxylic acid groups (broad SMARTS) is 1. The maximum atomic E-state index is 10.9. The lowest BCUT2D eigenvalue weighted by atomic mass is 9.80. The fourth-order valence-electron chi connectivity index (χ4n) is 7.82. The van der Waals surface area contributed by atoms with Gasteiger partial charge in [-0.2, -0.15) is 19.9 Å². The number of imidazole rings is 2. The second kappa shape index (κ2) is 19.0. The number of hydroxylamine groups is 4. The summed E-state index contributed by atoms with van der Waals surface area (Å²) in [5.41, 5.74) is 14.0. The monoisotopic (exact) mass is 845 g/mol. The third-order valence-electron chi connectivity index (χ3n) is 11.2. The summed E-state index contributed by atoms with van der Waals surface area (Å²) in [6.07, 6.45) is 13.4. The van der Waals surface area contributed by atoms with Crippen LogP contribution in [0.15, 0.2) is 12.7 Å². The minimum Gasteiger partial charge on any atom is -0.465 e. The minimum absolute atomic E-state index is 0.0969. The van der Waals surface area contributed by atoms with Gasteiger partial charge in [0.05, 0.1) is 31.3 Å². The summed E-state index contributed by atoms with van der Waals surface area (Å²) in [4.78, 5) is 67.6. The van der Waals surface area contributed by atoms with E-state index in [0.29, 0.717) is 96.7 Å². The van der Waals surface area contributed by atoms with Gasteiger partial charge in [-0.15, -0.1) is 20.1 Å². The predicted molar refractivity (Wildman–Crippen MR) is 212 cm³/mol. The molecule has 23 nitrogen and oxygen atoms in total. The molecule has 2 aliphatic carbocycles. The Hall–Kier alpha value is -4.91.